The fraction of sp³-hybridized carbons (Fsp3) is 0.417. The number of para-hydroxylation sites is 1. The SMILES string of the molecule is CCN(C(=O)c1cccc(N)c1O)C1CC1. The van der Waals surface area contributed by atoms with Crippen LogP contribution in [-0.4, -0.2) is 28.5 Å². The molecule has 1 fully saturated rings. The van der Waals surface area contributed by atoms with E-state index in [1.165, 1.54) is 0 Å². The molecule has 0 saturated heterocycles. The molecule has 3 N–H and O–H groups in total. The summed E-state index contributed by atoms with van der Waals surface area (Å²) in [6.45, 7) is 2.61. The van der Waals surface area contributed by atoms with Gasteiger partial charge in [0.25, 0.3) is 5.91 Å². The predicted molar refractivity (Wildman–Crippen MR) is 62.3 cm³/mol. The molecule has 2 rings (SSSR count). The van der Waals surface area contributed by atoms with Gasteiger partial charge in [-0.05, 0) is 31.9 Å². The average Bonchev–Trinajstić information content (AvgIpc) is 3.07. The number of carbonyl (C=O) groups excluding carboxylic acids is 1. The van der Waals surface area contributed by atoms with Crippen LogP contribution in [0.4, 0.5) is 5.69 Å². The Labute approximate surface area is 94.7 Å². The molecule has 0 spiro atoms. The van der Waals surface area contributed by atoms with Crippen LogP contribution in [0.5, 0.6) is 5.75 Å². The molecule has 0 atom stereocenters. The second-order valence-corrected chi connectivity index (χ2v) is 4.07. The van der Waals surface area contributed by atoms with E-state index < -0.39 is 0 Å². The molecule has 16 heavy (non-hydrogen) atoms. The number of nitrogens with zero attached hydrogens (tertiary/aromatic N) is 1. The molecule has 0 radical (unpaired) electrons. The minimum Gasteiger partial charge on any atom is -0.505 e. The predicted octanol–water partition coefficient (Wildman–Crippen LogP) is 1.60. The van der Waals surface area contributed by atoms with E-state index in [4.69, 9.17) is 5.73 Å². The first-order valence-corrected chi connectivity index (χ1v) is 5.53. The second-order valence-electron chi connectivity index (χ2n) is 4.07. The quantitative estimate of drug-likeness (QED) is 0.600. The molecular formula is C12H16N2O2. The van der Waals surface area contributed by atoms with E-state index in [-0.39, 0.29) is 17.3 Å². The zero-order chi connectivity index (χ0) is 11.7. The van der Waals surface area contributed by atoms with Gasteiger partial charge in [-0.3, -0.25) is 4.79 Å². The van der Waals surface area contributed by atoms with Gasteiger partial charge in [-0.2, -0.15) is 0 Å². The van der Waals surface area contributed by atoms with Crippen molar-refractivity contribution in [2.45, 2.75) is 25.8 Å². The second kappa shape index (κ2) is 4.04. The van der Waals surface area contributed by atoms with Gasteiger partial charge in [0.05, 0.1) is 11.3 Å². The first-order chi connectivity index (χ1) is 7.65. The molecule has 1 saturated carbocycles. The van der Waals surface area contributed by atoms with Crippen LogP contribution in [0.25, 0.3) is 0 Å². The zero-order valence-electron chi connectivity index (χ0n) is 9.31. The van der Waals surface area contributed by atoms with E-state index in [1.54, 1.807) is 23.1 Å². The summed E-state index contributed by atoms with van der Waals surface area (Å²) in [6.07, 6.45) is 2.12. The molecule has 4 nitrogen and oxygen atoms in total. The molecule has 0 unspecified atom stereocenters. The number of rotatable bonds is 3. The third kappa shape index (κ3) is 1.83. The summed E-state index contributed by atoms with van der Waals surface area (Å²) >= 11 is 0. The number of phenols is 1. The summed E-state index contributed by atoms with van der Waals surface area (Å²) in [5.41, 5.74) is 6.12. The van der Waals surface area contributed by atoms with Crippen molar-refractivity contribution in [3.05, 3.63) is 23.8 Å². The van der Waals surface area contributed by atoms with Crippen LogP contribution in [0, 0.1) is 0 Å². The lowest BCUT2D eigenvalue weighted by molar-refractivity contribution is 0.0749. The van der Waals surface area contributed by atoms with E-state index >= 15 is 0 Å². The number of nitrogen functional groups attached to an aromatic ring is 1. The molecular weight excluding hydrogens is 204 g/mol. The number of aromatic hydroxyl groups is 1. The van der Waals surface area contributed by atoms with Gasteiger partial charge in [0, 0.05) is 12.6 Å². The number of benzene rings is 1. The molecule has 0 aliphatic heterocycles. The van der Waals surface area contributed by atoms with Crippen molar-refractivity contribution in [2.24, 2.45) is 0 Å². The third-order valence-corrected chi connectivity index (χ3v) is 2.89. The maximum Gasteiger partial charge on any atom is 0.257 e. The van der Waals surface area contributed by atoms with Gasteiger partial charge in [-0.25, -0.2) is 0 Å². The first-order valence-electron chi connectivity index (χ1n) is 5.53. The van der Waals surface area contributed by atoms with Crippen LogP contribution >= 0.6 is 0 Å². The van der Waals surface area contributed by atoms with Crippen LogP contribution in [0.1, 0.15) is 30.1 Å². The van der Waals surface area contributed by atoms with Gasteiger partial charge < -0.3 is 15.7 Å². The van der Waals surface area contributed by atoms with Gasteiger partial charge in [0.2, 0.25) is 0 Å². The van der Waals surface area contributed by atoms with Crippen molar-refractivity contribution in [3.63, 3.8) is 0 Å². The normalized spacial score (nSPS) is 14.8. The topological polar surface area (TPSA) is 66.6 Å². The Bertz CT molecular complexity index is 413. The number of anilines is 1. The number of phenolic OH excluding ortho intramolecular Hbond substituents is 1. The van der Waals surface area contributed by atoms with Gasteiger partial charge in [0.1, 0.15) is 0 Å². The Morgan fingerprint density at radius 2 is 2.25 bits per heavy atom. The van der Waals surface area contributed by atoms with E-state index in [1.807, 2.05) is 6.92 Å². The monoisotopic (exact) mass is 220 g/mol. The maximum absolute atomic E-state index is 12.1. The average molecular weight is 220 g/mol. The lowest BCUT2D eigenvalue weighted by atomic mass is 10.1. The van der Waals surface area contributed by atoms with E-state index in [2.05, 4.69) is 0 Å². The van der Waals surface area contributed by atoms with E-state index in [9.17, 15) is 9.90 Å². The van der Waals surface area contributed by atoms with Crippen LogP contribution in [0.2, 0.25) is 0 Å². The van der Waals surface area contributed by atoms with Gasteiger partial charge >= 0.3 is 0 Å². The van der Waals surface area contributed by atoms with Crippen LogP contribution < -0.4 is 5.73 Å². The van der Waals surface area contributed by atoms with Crippen LogP contribution in [0.3, 0.4) is 0 Å². The zero-order valence-corrected chi connectivity index (χ0v) is 9.31. The standard InChI is InChI=1S/C12H16N2O2/c1-2-14(8-6-7-8)12(16)9-4-3-5-10(13)11(9)15/h3-5,8,15H,2,6-7,13H2,1H3. The Balaban J connectivity index is 2.28. The molecule has 0 aromatic heterocycles. The minimum atomic E-state index is -0.130. The number of amides is 1. The first kappa shape index (κ1) is 10.8. The van der Waals surface area contributed by atoms with Gasteiger partial charge in [-0.15, -0.1) is 0 Å². The number of hydrogen-bond donors (Lipinski definition) is 2. The Hall–Kier alpha value is -1.71. The Kier molecular flexibility index (Phi) is 2.73. The van der Waals surface area contributed by atoms with Gasteiger partial charge in [0.15, 0.2) is 5.75 Å². The Morgan fingerprint density at radius 3 is 2.81 bits per heavy atom. The molecule has 1 aromatic carbocycles. The molecule has 0 heterocycles. The summed E-state index contributed by atoms with van der Waals surface area (Å²) in [6, 6.07) is 5.22. The lowest BCUT2D eigenvalue weighted by Crippen LogP contribution is -2.32. The van der Waals surface area contributed by atoms with Crippen molar-refractivity contribution < 1.29 is 9.90 Å². The minimum absolute atomic E-state index is 0.105. The molecule has 0 bridgehead atoms. The fourth-order valence-electron chi connectivity index (χ4n) is 1.84. The third-order valence-electron chi connectivity index (χ3n) is 2.89. The fourth-order valence-corrected chi connectivity index (χ4v) is 1.84. The molecule has 1 aromatic rings. The summed E-state index contributed by atoms with van der Waals surface area (Å²) in [5.74, 6) is -0.235. The van der Waals surface area contributed by atoms with Crippen molar-refractivity contribution in [1.82, 2.24) is 4.90 Å². The maximum atomic E-state index is 12.1. The largest absolute Gasteiger partial charge is 0.505 e. The highest BCUT2D eigenvalue weighted by Gasteiger charge is 2.32. The highest BCUT2D eigenvalue weighted by molar-refractivity contribution is 5.98. The summed E-state index contributed by atoms with van der Waals surface area (Å²) in [5, 5.41) is 9.74. The highest BCUT2D eigenvalue weighted by atomic mass is 16.3. The van der Waals surface area contributed by atoms with Crippen molar-refractivity contribution in [1.29, 1.82) is 0 Å². The van der Waals surface area contributed by atoms with E-state index in [0.717, 1.165) is 12.8 Å². The number of carbonyl (C=O) groups is 1. The number of nitrogens with two attached hydrogens (primary N) is 1. The smallest absolute Gasteiger partial charge is 0.257 e. The molecule has 4 heteroatoms. The molecule has 1 amide bonds. The van der Waals surface area contributed by atoms with Crippen LogP contribution in [-0.2, 0) is 0 Å². The van der Waals surface area contributed by atoms with Crippen molar-refractivity contribution >= 4 is 11.6 Å². The number of hydrogen-bond acceptors (Lipinski definition) is 3. The van der Waals surface area contributed by atoms with E-state index in [0.29, 0.717) is 18.2 Å². The highest BCUT2D eigenvalue weighted by Crippen LogP contribution is 2.31. The van der Waals surface area contributed by atoms with Crippen LogP contribution in [0.15, 0.2) is 18.2 Å². The summed E-state index contributed by atoms with van der Waals surface area (Å²) < 4.78 is 0. The van der Waals surface area contributed by atoms with Crippen molar-refractivity contribution in [2.75, 3.05) is 12.3 Å². The Morgan fingerprint density at radius 1 is 1.56 bits per heavy atom. The molecule has 86 valence electrons. The molecule has 1 aliphatic rings. The van der Waals surface area contributed by atoms with Gasteiger partial charge in [-0.1, -0.05) is 6.07 Å². The lowest BCUT2D eigenvalue weighted by Gasteiger charge is -2.21. The summed E-state index contributed by atoms with van der Waals surface area (Å²) in [4.78, 5) is 13.9. The molecule has 1 aliphatic carbocycles. The summed E-state index contributed by atoms with van der Waals surface area (Å²) in [7, 11) is 0. The van der Waals surface area contributed by atoms with Crippen molar-refractivity contribution in [3.8, 4) is 5.75 Å².